The molecule has 0 atom stereocenters. The van der Waals surface area contributed by atoms with Gasteiger partial charge in [0.2, 0.25) is 0 Å². The molecule has 0 aliphatic rings. The summed E-state index contributed by atoms with van der Waals surface area (Å²) >= 11 is 0. The number of hydrogen-bond donors (Lipinski definition) is 0. The molecular weight excluding hydrogens is 405 g/mol. The zero-order valence-electron chi connectivity index (χ0n) is 19.0. The summed E-state index contributed by atoms with van der Waals surface area (Å²) < 4.78 is 46.9. The van der Waals surface area contributed by atoms with E-state index in [0.29, 0.717) is 17.9 Å². The monoisotopic (exact) mass is 436 g/mol. The van der Waals surface area contributed by atoms with Crippen LogP contribution in [0, 0.1) is 19.8 Å². The van der Waals surface area contributed by atoms with Crippen molar-refractivity contribution in [2.75, 3.05) is 0 Å². The molecule has 6 heteroatoms. The van der Waals surface area contributed by atoms with E-state index in [1.165, 1.54) is 12.1 Å². The predicted octanol–water partition coefficient (Wildman–Crippen LogP) is 7.22. The summed E-state index contributed by atoms with van der Waals surface area (Å²) in [6.07, 6.45) is -3.01. The van der Waals surface area contributed by atoms with Crippen molar-refractivity contribution in [1.82, 2.24) is 0 Å². The number of carbonyl (C=O) groups is 1. The first-order valence-corrected chi connectivity index (χ1v) is 10.4. The fourth-order valence-corrected chi connectivity index (χ4v) is 3.89. The van der Waals surface area contributed by atoms with Gasteiger partial charge in [-0.1, -0.05) is 26.0 Å². The number of hydrogen-bond acceptors (Lipinski definition) is 3. The second-order valence-electron chi connectivity index (χ2n) is 9.01. The van der Waals surface area contributed by atoms with Gasteiger partial charge in [-0.25, -0.2) is 0 Å². The van der Waals surface area contributed by atoms with Crippen LogP contribution in [0.4, 0.5) is 13.2 Å². The molecule has 170 valence electrons. The zero-order valence-corrected chi connectivity index (χ0v) is 19.0. The molecule has 0 N–H and O–H groups in total. The maximum absolute atomic E-state index is 12.5. The fourth-order valence-electron chi connectivity index (χ4n) is 3.89. The molecule has 3 nitrogen and oxygen atoms in total. The van der Waals surface area contributed by atoms with Crippen LogP contribution in [0.25, 0.3) is 0 Å². The van der Waals surface area contributed by atoms with E-state index < -0.39 is 6.36 Å². The van der Waals surface area contributed by atoms with Crippen LogP contribution in [0.2, 0.25) is 0 Å². The Morgan fingerprint density at radius 1 is 0.968 bits per heavy atom. The zero-order chi connectivity index (χ0) is 23.4. The number of Topliss-reactive ketones (excluding diaryl/α,β-unsaturated/α-hetero) is 1. The van der Waals surface area contributed by atoms with E-state index >= 15 is 0 Å². The molecule has 0 aliphatic heterocycles. The van der Waals surface area contributed by atoms with Gasteiger partial charge in [-0.3, -0.25) is 4.79 Å². The highest BCUT2D eigenvalue weighted by molar-refractivity contribution is 5.96. The van der Waals surface area contributed by atoms with Crippen molar-refractivity contribution in [3.63, 3.8) is 0 Å². The maximum Gasteiger partial charge on any atom is 0.573 e. The molecule has 0 amide bonds. The lowest BCUT2D eigenvalue weighted by Crippen LogP contribution is -2.30. The second-order valence-corrected chi connectivity index (χ2v) is 9.01. The van der Waals surface area contributed by atoms with Crippen LogP contribution < -0.4 is 9.47 Å². The van der Waals surface area contributed by atoms with E-state index in [0.717, 1.165) is 41.0 Å². The van der Waals surface area contributed by atoms with Crippen molar-refractivity contribution >= 4 is 5.78 Å². The van der Waals surface area contributed by atoms with E-state index in [1.807, 2.05) is 26.0 Å². The molecule has 0 aromatic heterocycles. The summed E-state index contributed by atoms with van der Waals surface area (Å²) in [5.41, 5.74) is 3.15. The molecule has 2 aromatic carbocycles. The van der Waals surface area contributed by atoms with Gasteiger partial charge in [0.15, 0.2) is 5.78 Å². The molecule has 0 aliphatic carbocycles. The molecule has 0 saturated heterocycles. The lowest BCUT2D eigenvalue weighted by Gasteiger charge is -2.30. The Balaban J connectivity index is 2.03. The number of benzene rings is 2. The Morgan fingerprint density at radius 3 is 2.00 bits per heavy atom. The van der Waals surface area contributed by atoms with Crippen molar-refractivity contribution in [2.45, 2.75) is 72.8 Å². The Morgan fingerprint density at radius 2 is 1.52 bits per heavy atom. The van der Waals surface area contributed by atoms with Gasteiger partial charge in [-0.05, 0) is 87.4 Å². The highest BCUT2D eigenvalue weighted by Gasteiger charge is 2.31. The summed E-state index contributed by atoms with van der Waals surface area (Å²) in [6, 6.07) is 9.07. The normalized spacial score (nSPS) is 12.2. The number of halogens is 3. The molecular formula is C25H31F3O3. The fraction of sp³-hybridized carbons (Fsp3) is 0.480. The standard InChI is InChI=1S/C25H31F3O3/c1-16(2)15-24(5,6)31-23-17(3)13-19(14-18(23)4)7-12-22(29)20-8-10-21(11-9-20)30-25(26,27)28/h8-11,13-14,16H,7,12,15H2,1-6H3. The minimum Gasteiger partial charge on any atom is -0.487 e. The molecule has 0 spiro atoms. The van der Waals surface area contributed by atoms with Crippen molar-refractivity contribution in [2.24, 2.45) is 5.92 Å². The van der Waals surface area contributed by atoms with Gasteiger partial charge in [0, 0.05) is 12.0 Å². The first-order valence-electron chi connectivity index (χ1n) is 10.4. The largest absolute Gasteiger partial charge is 0.573 e. The van der Waals surface area contributed by atoms with Crippen molar-refractivity contribution in [3.8, 4) is 11.5 Å². The van der Waals surface area contributed by atoms with E-state index in [9.17, 15) is 18.0 Å². The molecule has 0 unspecified atom stereocenters. The quantitative estimate of drug-likeness (QED) is 0.389. The van der Waals surface area contributed by atoms with Crippen molar-refractivity contribution in [1.29, 1.82) is 0 Å². The predicted molar refractivity (Wildman–Crippen MR) is 116 cm³/mol. The highest BCUT2D eigenvalue weighted by atomic mass is 19.4. The molecule has 0 bridgehead atoms. The topological polar surface area (TPSA) is 35.5 Å². The number of rotatable bonds is 9. The molecule has 0 fully saturated rings. The SMILES string of the molecule is Cc1cc(CCC(=O)c2ccc(OC(F)(F)F)cc2)cc(C)c1OC(C)(C)CC(C)C. The lowest BCUT2D eigenvalue weighted by atomic mass is 9.95. The van der Waals surface area contributed by atoms with Gasteiger partial charge in [-0.15, -0.1) is 13.2 Å². The maximum atomic E-state index is 12.5. The Bertz CT molecular complexity index is 874. The third-order valence-electron chi connectivity index (χ3n) is 4.85. The average Bonchev–Trinajstić information content (AvgIpc) is 2.61. The van der Waals surface area contributed by atoms with E-state index in [-0.39, 0.29) is 23.6 Å². The molecule has 0 saturated carbocycles. The summed E-state index contributed by atoms with van der Waals surface area (Å²) in [7, 11) is 0. The number of carbonyl (C=O) groups excluding carboxylic acids is 1. The third kappa shape index (κ3) is 7.93. The summed E-state index contributed by atoms with van der Waals surface area (Å²) in [5, 5.41) is 0. The smallest absolute Gasteiger partial charge is 0.487 e. The lowest BCUT2D eigenvalue weighted by molar-refractivity contribution is -0.274. The van der Waals surface area contributed by atoms with Crippen LogP contribution in [0.1, 0.15) is 67.6 Å². The average molecular weight is 437 g/mol. The Hall–Kier alpha value is -2.50. The first-order chi connectivity index (χ1) is 14.3. The number of ether oxygens (including phenoxy) is 2. The first kappa shape index (κ1) is 24.8. The minimum atomic E-state index is -4.75. The van der Waals surface area contributed by atoms with Crippen molar-refractivity contribution < 1.29 is 27.4 Å². The van der Waals surface area contributed by atoms with Gasteiger partial charge in [0.05, 0.1) is 0 Å². The van der Waals surface area contributed by atoms with Gasteiger partial charge in [0.25, 0.3) is 0 Å². The van der Waals surface area contributed by atoms with Crippen LogP contribution in [-0.4, -0.2) is 17.7 Å². The summed E-state index contributed by atoms with van der Waals surface area (Å²) in [4.78, 5) is 12.5. The molecule has 31 heavy (non-hydrogen) atoms. The summed E-state index contributed by atoms with van der Waals surface area (Å²) in [6.45, 7) is 12.5. The third-order valence-corrected chi connectivity index (χ3v) is 4.85. The molecule has 2 rings (SSSR count). The number of aryl methyl sites for hydroxylation is 3. The van der Waals surface area contributed by atoms with E-state index in [2.05, 4.69) is 32.4 Å². The van der Waals surface area contributed by atoms with Crippen LogP contribution in [0.15, 0.2) is 36.4 Å². The van der Waals surface area contributed by atoms with Gasteiger partial charge in [-0.2, -0.15) is 0 Å². The van der Waals surface area contributed by atoms with Crippen LogP contribution in [0.5, 0.6) is 11.5 Å². The number of alkyl halides is 3. The minimum absolute atomic E-state index is 0.132. The molecule has 0 heterocycles. The van der Waals surface area contributed by atoms with Crippen LogP contribution in [0.3, 0.4) is 0 Å². The highest BCUT2D eigenvalue weighted by Crippen LogP contribution is 2.31. The Kier molecular flexibility index (Phi) is 7.79. The van der Waals surface area contributed by atoms with E-state index in [4.69, 9.17) is 4.74 Å². The van der Waals surface area contributed by atoms with Gasteiger partial charge in [0.1, 0.15) is 17.1 Å². The van der Waals surface area contributed by atoms with Gasteiger partial charge >= 0.3 is 6.36 Å². The molecule has 2 aromatic rings. The number of ketones is 1. The van der Waals surface area contributed by atoms with Crippen molar-refractivity contribution in [3.05, 3.63) is 58.7 Å². The second kappa shape index (κ2) is 9.75. The van der Waals surface area contributed by atoms with Crippen LogP contribution >= 0.6 is 0 Å². The molecule has 0 radical (unpaired) electrons. The van der Waals surface area contributed by atoms with Gasteiger partial charge < -0.3 is 9.47 Å². The van der Waals surface area contributed by atoms with Crippen LogP contribution in [-0.2, 0) is 6.42 Å². The van der Waals surface area contributed by atoms with E-state index in [1.54, 1.807) is 0 Å². The summed E-state index contributed by atoms with van der Waals surface area (Å²) in [5.74, 6) is 0.925. The Labute approximate surface area is 182 Å².